The Morgan fingerprint density at radius 3 is 2.39 bits per heavy atom. The van der Waals surface area contributed by atoms with Crippen molar-refractivity contribution in [2.75, 3.05) is 15.9 Å². The molecule has 33 heavy (non-hydrogen) atoms. The van der Waals surface area contributed by atoms with E-state index in [1.54, 1.807) is 30.3 Å². The quantitative estimate of drug-likeness (QED) is 0.335. The smallest absolute Gasteiger partial charge is 0.265 e. The minimum absolute atomic E-state index is 0.220. The van der Waals surface area contributed by atoms with Crippen LogP contribution in [0.15, 0.2) is 66.7 Å². The standard InChI is InChI=1S/C25H23ClN2O3S2/c1-16-4-6-18(7-5-16)15-28(33(3,30)31)21-9-11-23-19(13-21)14-24(32-23)25(29)27-22-10-8-20(26)12-17(22)2/h4-14H,15H2,1-3H3,(H,27,29). The summed E-state index contributed by atoms with van der Waals surface area (Å²) in [5.74, 6) is -0.220. The molecule has 0 spiro atoms. The molecule has 0 saturated carbocycles. The zero-order chi connectivity index (χ0) is 23.8. The van der Waals surface area contributed by atoms with Crippen LogP contribution in [0.1, 0.15) is 26.4 Å². The molecule has 3 aromatic carbocycles. The number of hydrogen-bond donors (Lipinski definition) is 1. The minimum atomic E-state index is -3.51. The van der Waals surface area contributed by atoms with E-state index in [4.69, 9.17) is 11.6 Å². The SMILES string of the molecule is Cc1ccc(CN(c2ccc3sc(C(=O)Nc4ccc(Cl)cc4C)cc3c2)S(C)(=O)=O)cc1. The van der Waals surface area contributed by atoms with Crippen LogP contribution in [0.3, 0.4) is 0 Å². The number of sulfonamides is 1. The molecule has 8 heteroatoms. The van der Waals surface area contributed by atoms with Crippen molar-refractivity contribution in [1.82, 2.24) is 0 Å². The summed E-state index contributed by atoms with van der Waals surface area (Å²) in [6.45, 7) is 4.11. The van der Waals surface area contributed by atoms with E-state index in [0.717, 1.165) is 26.8 Å². The molecule has 170 valence electrons. The summed E-state index contributed by atoms with van der Waals surface area (Å²) in [7, 11) is -3.51. The van der Waals surface area contributed by atoms with Gasteiger partial charge in [0.1, 0.15) is 0 Å². The summed E-state index contributed by atoms with van der Waals surface area (Å²) in [4.78, 5) is 13.4. The van der Waals surface area contributed by atoms with E-state index in [9.17, 15) is 13.2 Å². The van der Waals surface area contributed by atoms with Gasteiger partial charge in [0.15, 0.2) is 0 Å². The lowest BCUT2D eigenvalue weighted by molar-refractivity contribution is 0.103. The lowest BCUT2D eigenvalue weighted by Crippen LogP contribution is -2.29. The number of nitrogens with zero attached hydrogens (tertiary/aromatic N) is 1. The maximum atomic E-state index is 12.8. The average Bonchev–Trinajstić information content (AvgIpc) is 3.18. The largest absolute Gasteiger partial charge is 0.321 e. The van der Waals surface area contributed by atoms with Gasteiger partial charge in [-0.25, -0.2) is 8.42 Å². The molecule has 0 unspecified atom stereocenters. The highest BCUT2D eigenvalue weighted by Gasteiger charge is 2.19. The molecule has 0 aliphatic carbocycles. The highest BCUT2D eigenvalue weighted by molar-refractivity contribution is 7.92. The van der Waals surface area contributed by atoms with E-state index in [0.29, 0.717) is 21.3 Å². The second kappa shape index (κ2) is 9.17. The summed E-state index contributed by atoms with van der Waals surface area (Å²) in [5, 5.41) is 4.35. The number of aryl methyl sites for hydroxylation is 2. The number of fused-ring (bicyclic) bond motifs is 1. The molecule has 0 bridgehead atoms. The maximum Gasteiger partial charge on any atom is 0.265 e. The lowest BCUT2D eigenvalue weighted by atomic mass is 10.1. The van der Waals surface area contributed by atoms with Crippen LogP contribution < -0.4 is 9.62 Å². The average molecular weight is 499 g/mol. The summed E-state index contributed by atoms with van der Waals surface area (Å²) in [6, 6.07) is 20.3. The van der Waals surface area contributed by atoms with Crippen molar-refractivity contribution < 1.29 is 13.2 Å². The van der Waals surface area contributed by atoms with Crippen LogP contribution in [-0.2, 0) is 16.6 Å². The molecule has 4 rings (SSSR count). The second-order valence-electron chi connectivity index (χ2n) is 8.00. The molecule has 1 heterocycles. The van der Waals surface area contributed by atoms with Crippen molar-refractivity contribution >= 4 is 60.3 Å². The fourth-order valence-electron chi connectivity index (χ4n) is 3.51. The molecule has 0 atom stereocenters. The Hall–Kier alpha value is -2.87. The van der Waals surface area contributed by atoms with Gasteiger partial charge < -0.3 is 5.32 Å². The van der Waals surface area contributed by atoms with Crippen LogP contribution >= 0.6 is 22.9 Å². The third-order valence-corrected chi connectivity index (χ3v) is 7.79. The predicted octanol–water partition coefficient (Wildman–Crippen LogP) is 6.39. The number of carbonyl (C=O) groups excluding carboxylic acids is 1. The van der Waals surface area contributed by atoms with Crippen molar-refractivity contribution in [3.8, 4) is 0 Å². The van der Waals surface area contributed by atoms with E-state index in [2.05, 4.69) is 5.32 Å². The van der Waals surface area contributed by atoms with E-state index < -0.39 is 10.0 Å². The highest BCUT2D eigenvalue weighted by Crippen LogP contribution is 2.32. The van der Waals surface area contributed by atoms with Gasteiger partial charge >= 0.3 is 0 Å². The molecule has 1 amide bonds. The lowest BCUT2D eigenvalue weighted by Gasteiger charge is -2.22. The zero-order valence-electron chi connectivity index (χ0n) is 18.4. The molecular formula is C25H23ClN2O3S2. The Labute approximate surface area is 202 Å². The van der Waals surface area contributed by atoms with E-state index in [1.807, 2.05) is 50.2 Å². The van der Waals surface area contributed by atoms with Crippen LogP contribution in [0.25, 0.3) is 10.1 Å². The van der Waals surface area contributed by atoms with Crippen LogP contribution in [-0.4, -0.2) is 20.6 Å². The van der Waals surface area contributed by atoms with Gasteiger partial charge in [0.05, 0.1) is 23.4 Å². The first-order chi connectivity index (χ1) is 15.6. The van der Waals surface area contributed by atoms with Gasteiger partial charge in [-0.05, 0) is 72.8 Å². The number of benzene rings is 3. The molecule has 0 radical (unpaired) electrons. The number of anilines is 2. The van der Waals surface area contributed by atoms with E-state index in [1.165, 1.54) is 21.9 Å². The number of thiophene rings is 1. The van der Waals surface area contributed by atoms with Crippen molar-refractivity contribution in [2.24, 2.45) is 0 Å². The summed E-state index contributed by atoms with van der Waals surface area (Å²) in [5.41, 5.74) is 4.14. The summed E-state index contributed by atoms with van der Waals surface area (Å²) >= 11 is 7.36. The molecule has 5 nitrogen and oxygen atoms in total. The Morgan fingerprint density at radius 2 is 1.73 bits per heavy atom. The Balaban J connectivity index is 1.63. The van der Waals surface area contributed by atoms with Gasteiger partial charge in [0, 0.05) is 15.4 Å². The fourth-order valence-corrected chi connectivity index (χ4v) is 5.55. The van der Waals surface area contributed by atoms with E-state index in [-0.39, 0.29) is 12.5 Å². The van der Waals surface area contributed by atoms with E-state index >= 15 is 0 Å². The first kappa shape index (κ1) is 23.3. The number of hydrogen-bond acceptors (Lipinski definition) is 4. The number of halogens is 1. The fraction of sp³-hybridized carbons (Fsp3) is 0.160. The third kappa shape index (κ3) is 5.38. The molecule has 1 aromatic heterocycles. The molecule has 1 N–H and O–H groups in total. The highest BCUT2D eigenvalue weighted by atomic mass is 35.5. The first-order valence-electron chi connectivity index (χ1n) is 10.2. The molecule has 0 aliphatic rings. The zero-order valence-corrected chi connectivity index (χ0v) is 20.8. The van der Waals surface area contributed by atoms with Gasteiger partial charge in [-0.15, -0.1) is 11.3 Å². The minimum Gasteiger partial charge on any atom is -0.321 e. The number of nitrogens with one attached hydrogen (secondary N) is 1. The molecular weight excluding hydrogens is 476 g/mol. The monoisotopic (exact) mass is 498 g/mol. The van der Waals surface area contributed by atoms with Crippen LogP contribution in [0.4, 0.5) is 11.4 Å². The van der Waals surface area contributed by atoms with Gasteiger partial charge in [0.2, 0.25) is 10.0 Å². The van der Waals surface area contributed by atoms with Gasteiger partial charge in [-0.3, -0.25) is 9.10 Å². The summed E-state index contributed by atoms with van der Waals surface area (Å²) < 4.78 is 27.4. The predicted molar refractivity (Wildman–Crippen MR) is 138 cm³/mol. The summed E-state index contributed by atoms with van der Waals surface area (Å²) in [6.07, 6.45) is 1.20. The normalized spacial score (nSPS) is 11.5. The van der Waals surface area contributed by atoms with Gasteiger partial charge in [-0.1, -0.05) is 41.4 Å². The number of rotatable bonds is 6. The van der Waals surface area contributed by atoms with Crippen molar-refractivity contribution in [3.63, 3.8) is 0 Å². The van der Waals surface area contributed by atoms with Crippen molar-refractivity contribution in [1.29, 1.82) is 0 Å². The Bertz CT molecular complexity index is 1440. The Morgan fingerprint density at radius 1 is 1.00 bits per heavy atom. The molecule has 0 saturated heterocycles. The van der Waals surface area contributed by atoms with Crippen LogP contribution in [0, 0.1) is 13.8 Å². The topological polar surface area (TPSA) is 66.5 Å². The molecule has 0 aliphatic heterocycles. The van der Waals surface area contributed by atoms with Gasteiger partial charge in [-0.2, -0.15) is 0 Å². The second-order valence-corrected chi connectivity index (χ2v) is 11.4. The third-order valence-electron chi connectivity index (χ3n) is 5.30. The van der Waals surface area contributed by atoms with Gasteiger partial charge in [0.25, 0.3) is 5.91 Å². The number of carbonyl (C=O) groups is 1. The first-order valence-corrected chi connectivity index (χ1v) is 13.3. The van der Waals surface area contributed by atoms with Crippen LogP contribution in [0.5, 0.6) is 0 Å². The van der Waals surface area contributed by atoms with Crippen LogP contribution in [0.2, 0.25) is 5.02 Å². The molecule has 4 aromatic rings. The molecule has 0 fully saturated rings. The number of amides is 1. The Kier molecular flexibility index (Phi) is 6.47. The van der Waals surface area contributed by atoms with Crippen molar-refractivity contribution in [2.45, 2.75) is 20.4 Å². The maximum absolute atomic E-state index is 12.8. The van der Waals surface area contributed by atoms with Crippen molar-refractivity contribution in [3.05, 3.63) is 93.3 Å².